The molecule has 0 radical (unpaired) electrons. The van der Waals surface area contributed by atoms with Crippen molar-refractivity contribution in [3.8, 4) is 0 Å². The van der Waals surface area contributed by atoms with Gasteiger partial charge in [-0.2, -0.15) is 0 Å². The Bertz CT molecular complexity index is 431. The highest BCUT2D eigenvalue weighted by Gasteiger charge is 2.28. The number of rotatable bonds is 4. The first-order valence-corrected chi connectivity index (χ1v) is 7.08. The quantitative estimate of drug-likeness (QED) is 0.909. The number of carbonyl (C=O) groups excluding carboxylic acids is 1. The number of piperidine rings is 1. The molecule has 4 heteroatoms. The summed E-state index contributed by atoms with van der Waals surface area (Å²) in [6.45, 7) is 9.16. The molecule has 1 fully saturated rings. The highest BCUT2D eigenvalue weighted by molar-refractivity contribution is 5.92. The maximum atomic E-state index is 12.0. The van der Waals surface area contributed by atoms with Crippen LogP contribution in [0.1, 0.15) is 49.2 Å². The Balaban J connectivity index is 1.90. The van der Waals surface area contributed by atoms with E-state index >= 15 is 0 Å². The monoisotopic (exact) mass is 264 g/mol. The van der Waals surface area contributed by atoms with Gasteiger partial charge < -0.3 is 9.73 Å². The third-order valence-electron chi connectivity index (χ3n) is 3.96. The van der Waals surface area contributed by atoms with E-state index in [2.05, 4.69) is 24.1 Å². The Labute approximate surface area is 115 Å². The summed E-state index contributed by atoms with van der Waals surface area (Å²) in [4.78, 5) is 14.5. The molecule has 1 amide bonds. The van der Waals surface area contributed by atoms with Gasteiger partial charge in [0.15, 0.2) is 5.76 Å². The van der Waals surface area contributed by atoms with Crippen molar-refractivity contribution in [2.75, 3.05) is 19.6 Å². The average molecular weight is 264 g/mol. The van der Waals surface area contributed by atoms with E-state index in [1.165, 1.54) is 19.3 Å². The van der Waals surface area contributed by atoms with Crippen LogP contribution >= 0.6 is 0 Å². The molecule has 1 aromatic rings. The van der Waals surface area contributed by atoms with Gasteiger partial charge in [-0.05, 0) is 52.8 Å². The second-order valence-electron chi connectivity index (χ2n) is 5.98. The van der Waals surface area contributed by atoms with Crippen LogP contribution < -0.4 is 5.32 Å². The number of likely N-dealkylation sites (tertiary alicyclic amines) is 1. The van der Waals surface area contributed by atoms with Gasteiger partial charge in [0.25, 0.3) is 5.91 Å². The van der Waals surface area contributed by atoms with Crippen LogP contribution in [0.25, 0.3) is 0 Å². The number of hydrogen-bond donors (Lipinski definition) is 1. The predicted octanol–water partition coefficient (Wildman–Crippen LogP) is 2.58. The molecule has 1 saturated heterocycles. The minimum Gasteiger partial charge on any atom is -0.459 e. The van der Waals surface area contributed by atoms with Gasteiger partial charge in [0.1, 0.15) is 0 Å². The number of hydrogen-bond acceptors (Lipinski definition) is 3. The van der Waals surface area contributed by atoms with Crippen LogP contribution in [-0.4, -0.2) is 36.0 Å². The molecule has 106 valence electrons. The number of nitrogens with zero attached hydrogens (tertiary/aromatic N) is 1. The molecule has 0 aromatic carbocycles. The molecule has 0 saturated carbocycles. The fourth-order valence-electron chi connectivity index (χ4n) is 2.59. The summed E-state index contributed by atoms with van der Waals surface area (Å²) in [5.41, 5.74) is 0.879. The molecule has 19 heavy (non-hydrogen) atoms. The summed E-state index contributed by atoms with van der Waals surface area (Å²) < 4.78 is 5.21. The van der Waals surface area contributed by atoms with Crippen LogP contribution in [0, 0.1) is 6.92 Å². The summed E-state index contributed by atoms with van der Waals surface area (Å²) in [6.07, 6.45) is 5.40. The van der Waals surface area contributed by atoms with Gasteiger partial charge in [-0.15, -0.1) is 0 Å². The molecule has 0 bridgehead atoms. The number of furan rings is 1. The van der Waals surface area contributed by atoms with Crippen LogP contribution in [0.4, 0.5) is 0 Å². The molecule has 0 atom stereocenters. The van der Waals surface area contributed by atoms with Crippen molar-refractivity contribution < 1.29 is 9.21 Å². The molecular weight excluding hydrogens is 240 g/mol. The van der Waals surface area contributed by atoms with E-state index in [0.717, 1.165) is 18.7 Å². The lowest BCUT2D eigenvalue weighted by Crippen LogP contribution is -2.53. The number of aryl methyl sites for hydroxylation is 1. The second kappa shape index (κ2) is 5.78. The third-order valence-corrected chi connectivity index (χ3v) is 3.96. The van der Waals surface area contributed by atoms with Gasteiger partial charge in [-0.3, -0.25) is 9.69 Å². The highest BCUT2D eigenvalue weighted by Crippen LogP contribution is 2.20. The molecule has 0 unspecified atom stereocenters. The Morgan fingerprint density at radius 2 is 2.05 bits per heavy atom. The lowest BCUT2D eigenvalue weighted by atomic mass is 9.98. The van der Waals surface area contributed by atoms with E-state index in [1.54, 1.807) is 6.26 Å². The van der Waals surface area contributed by atoms with E-state index in [4.69, 9.17) is 4.42 Å². The molecule has 1 aromatic heterocycles. The van der Waals surface area contributed by atoms with Crippen molar-refractivity contribution in [1.82, 2.24) is 10.2 Å². The summed E-state index contributed by atoms with van der Waals surface area (Å²) >= 11 is 0. The highest BCUT2D eigenvalue weighted by atomic mass is 16.3. The van der Waals surface area contributed by atoms with E-state index in [-0.39, 0.29) is 11.4 Å². The minimum atomic E-state index is -0.118. The lowest BCUT2D eigenvalue weighted by Gasteiger charge is -2.41. The SMILES string of the molecule is Cc1ccoc1C(=O)NCC(C)(C)N1CCCCC1. The first-order valence-electron chi connectivity index (χ1n) is 7.08. The van der Waals surface area contributed by atoms with Crippen molar-refractivity contribution >= 4 is 5.91 Å². The topological polar surface area (TPSA) is 45.5 Å². The first kappa shape index (κ1) is 14.1. The van der Waals surface area contributed by atoms with Crippen molar-refractivity contribution in [1.29, 1.82) is 0 Å². The van der Waals surface area contributed by atoms with Gasteiger partial charge >= 0.3 is 0 Å². The molecule has 0 aliphatic carbocycles. The van der Waals surface area contributed by atoms with E-state index in [1.807, 2.05) is 13.0 Å². The van der Waals surface area contributed by atoms with Crippen molar-refractivity contribution in [2.45, 2.75) is 45.6 Å². The lowest BCUT2D eigenvalue weighted by molar-refractivity contribution is 0.0779. The molecule has 2 heterocycles. The van der Waals surface area contributed by atoms with Gasteiger partial charge in [-0.25, -0.2) is 0 Å². The van der Waals surface area contributed by atoms with Crippen LogP contribution in [0.2, 0.25) is 0 Å². The molecule has 2 rings (SSSR count). The maximum Gasteiger partial charge on any atom is 0.287 e. The van der Waals surface area contributed by atoms with Crippen LogP contribution in [0.3, 0.4) is 0 Å². The minimum absolute atomic E-state index is 0.00340. The Morgan fingerprint density at radius 1 is 1.37 bits per heavy atom. The number of nitrogens with one attached hydrogen (secondary N) is 1. The largest absolute Gasteiger partial charge is 0.459 e. The molecule has 1 N–H and O–H groups in total. The molecule has 1 aliphatic heterocycles. The zero-order valence-electron chi connectivity index (χ0n) is 12.2. The van der Waals surface area contributed by atoms with Crippen LogP contribution in [0.15, 0.2) is 16.7 Å². The molecular formula is C15H24N2O2. The number of amides is 1. The predicted molar refractivity (Wildman–Crippen MR) is 75.3 cm³/mol. The Kier molecular flexibility index (Phi) is 4.30. The van der Waals surface area contributed by atoms with Crippen molar-refractivity contribution in [2.24, 2.45) is 0 Å². The summed E-state index contributed by atoms with van der Waals surface area (Å²) in [7, 11) is 0. The number of carbonyl (C=O) groups is 1. The zero-order valence-corrected chi connectivity index (χ0v) is 12.2. The fourth-order valence-corrected chi connectivity index (χ4v) is 2.59. The van der Waals surface area contributed by atoms with Gasteiger partial charge in [0.05, 0.1) is 6.26 Å². The standard InChI is InChI=1S/C15H24N2O2/c1-12-7-10-19-13(12)14(18)16-11-15(2,3)17-8-5-4-6-9-17/h7,10H,4-6,8-9,11H2,1-3H3,(H,16,18). The fraction of sp³-hybridized carbons (Fsp3) is 0.667. The van der Waals surface area contributed by atoms with E-state index in [9.17, 15) is 4.79 Å². The van der Waals surface area contributed by atoms with Crippen LogP contribution in [0.5, 0.6) is 0 Å². The first-order chi connectivity index (χ1) is 9.00. The molecule has 1 aliphatic rings. The molecule has 4 nitrogen and oxygen atoms in total. The molecule has 0 spiro atoms. The van der Waals surface area contributed by atoms with Crippen molar-refractivity contribution in [3.63, 3.8) is 0 Å². The summed E-state index contributed by atoms with van der Waals surface area (Å²) in [6, 6.07) is 1.81. The second-order valence-corrected chi connectivity index (χ2v) is 5.98. The van der Waals surface area contributed by atoms with Gasteiger partial charge in [0, 0.05) is 17.6 Å². The van der Waals surface area contributed by atoms with E-state index in [0.29, 0.717) is 12.3 Å². The maximum absolute atomic E-state index is 12.0. The van der Waals surface area contributed by atoms with E-state index < -0.39 is 0 Å². The third kappa shape index (κ3) is 3.38. The average Bonchev–Trinajstić information content (AvgIpc) is 2.83. The smallest absolute Gasteiger partial charge is 0.287 e. The van der Waals surface area contributed by atoms with Crippen LogP contribution in [-0.2, 0) is 0 Å². The summed E-state index contributed by atoms with van der Waals surface area (Å²) in [5, 5.41) is 2.99. The van der Waals surface area contributed by atoms with Gasteiger partial charge in [-0.1, -0.05) is 6.42 Å². The Morgan fingerprint density at radius 3 is 2.63 bits per heavy atom. The van der Waals surface area contributed by atoms with Crippen molar-refractivity contribution in [3.05, 3.63) is 23.7 Å². The zero-order chi connectivity index (χ0) is 13.9. The van der Waals surface area contributed by atoms with Gasteiger partial charge in [0.2, 0.25) is 0 Å². The normalized spacial score (nSPS) is 17.4. The summed E-state index contributed by atoms with van der Waals surface area (Å²) in [5.74, 6) is 0.307. The Hall–Kier alpha value is -1.29.